The van der Waals surface area contributed by atoms with Crippen LogP contribution in [0.2, 0.25) is 0 Å². The van der Waals surface area contributed by atoms with Crippen LogP contribution in [0.15, 0.2) is 35.1 Å². The van der Waals surface area contributed by atoms with Crippen molar-refractivity contribution in [3.8, 4) is 0 Å². The van der Waals surface area contributed by atoms with E-state index >= 15 is 0 Å². The van der Waals surface area contributed by atoms with Crippen LogP contribution in [0.25, 0.3) is 0 Å². The van der Waals surface area contributed by atoms with E-state index in [9.17, 15) is 9.18 Å². The number of carbonyl (C=O) groups excluding carboxylic acids is 1. The Morgan fingerprint density at radius 1 is 1.47 bits per heavy atom. The molecular formula is C13H13BrFN3O. The molecule has 0 spiro atoms. The molecule has 0 saturated carbocycles. The molecule has 1 aromatic carbocycles. The van der Waals surface area contributed by atoms with Crippen LogP contribution < -0.4 is 5.32 Å². The summed E-state index contributed by atoms with van der Waals surface area (Å²) in [5, 5.41) is 6.80. The maximum atomic E-state index is 13.1. The smallest absolute Gasteiger partial charge is 0.256 e. The highest BCUT2D eigenvalue weighted by atomic mass is 79.9. The topological polar surface area (TPSA) is 46.9 Å². The zero-order chi connectivity index (χ0) is 14.0. The van der Waals surface area contributed by atoms with E-state index in [1.807, 2.05) is 13.8 Å². The Morgan fingerprint density at radius 2 is 2.21 bits per heavy atom. The third-order valence-electron chi connectivity index (χ3n) is 2.56. The zero-order valence-corrected chi connectivity index (χ0v) is 12.1. The van der Waals surface area contributed by atoms with Gasteiger partial charge in [0.25, 0.3) is 5.91 Å². The molecule has 0 fully saturated rings. The standard InChI is InChI=1S/C13H13BrFN3O/c1-8(2)18-7-10(6-16-18)17-13(19)11-5-9(15)3-4-12(11)14/h3-8H,1-2H3,(H,17,19). The highest BCUT2D eigenvalue weighted by Crippen LogP contribution is 2.19. The van der Waals surface area contributed by atoms with Gasteiger partial charge in [0.15, 0.2) is 0 Å². The lowest BCUT2D eigenvalue weighted by molar-refractivity contribution is 0.102. The summed E-state index contributed by atoms with van der Waals surface area (Å²) in [6.45, 7) is 3.98. The van der Waals surface area contributed by atoms with Crippen LogP contribution in [0.3, 0.4) is 0 Å². The molecule has 6 heteroatoms. The fraction of sp³-hybridized carbons (Fsp3) is 0.231. The second-order valence-electron chi connectivity index (χ2n) is 4.38. The first-order valence-electron chi connectivity index (χ1n) is 5.78. The van der Waals surface area contributed by atoms with Gasteiger partial charge in [-0.05, 0) is 48.0 Å². The van der Waals surface area contributed by atoms with Gasteiger partial charge in [0.05, 0.1) is 17.4 Å². The van der Waals surface area contributed by atoms with Crippen molar-refractivity contribution < 1.29 is 9.18 Å². The van der Waals surface area contributed by atoms with Gasteiger partial charge in [0, 0.05) is 16.7 Å². The summed E-state index contributed by atoms with van der Waals surface area (Å²) in [6.07, 6.45) is 3.29. The molecule has 0 aliphatic heterocycles. The molecule has 0 radical (unpaired) electrons. The molecule has 0 aliphatic carbocycles. The predicted octanol–water partition coefficient (Wildman–Crippen LogP) is 3.62. The second kappa shape index (κ2) is 5.52. The van der Waals surface area contributed by atoms with Crippen LogP contribution in [-0.2, 0) is 0 Å². The number of halogens is 2. The molecule has 1 N–H and O–H groups in total. The summed E-state index contributed by atoms with van der Waals surface area (Å²) < 4.78 is 15.4. The largest absolute Gasteiger partial charge is 0.319 e. The minimum atomic E-state index is -0.453. The molecule has 100 valence electrons. The summed E-state index contributed by atoms with van der Waals surface area (Å²) >= 11 is 3.22. The predicted molar refractivity (Wildman–Crippen MR) is 74.7 cm³/mol. The van der Waals surface area contributed by atoms with E-state index < -0.39 is 5.82 Å². The Morgan fingerprint density at radius 3 is 2.84 bits per heavy atom. The number of carbonyl (C=O) groups is 1. The monoisotopic (exact) mass is 325 g/mol. The molecule has 1 heterocycles. The lowest BCUT2D eigenvalue weighted by Crippen LogP contribution is -2.12. The van der Waals surface area contributed by atoms with Crippen LogP contribution in [0.1, 0.15) is 30.2 Å². The molecule has 0 aliphatic rings. The molecular weight excluding hydrogens is 313 g/mol. The number of hydrogen-bond acceptors (Lipinski definition) is 2. The van der Waals surface area contributed by atoms with Crippen molar-refractivity contribution in [1.29, 1.82) is 0 Å². The molecule has 19 heavy (non-hydrogen) atoms. The highest BCUT2D eigenvalue weighted by Gasteiger charge is 2.12. The number of nitrogens with zero attached hydrogens (tertiary/aromatic N) is 2. The molecule has 0 saturated heterocycles. The number of anilines is 1. The Kier molecular flexibility index (Phi) is 3.99. The molecule has 0 bridgehead atoms. The van der Waals surface area contributed by atoms with E-state index in [0.29, 0.717) is 10.2 Å². The molecule has 2 aromatic rings. The van der Waals surface area contributed by atoms with Gasteiger partial charge in [-0.15, -0.1) is 0 Å². The Balaban J connectivity index is 2.18. The van der Waals surface area contributed by atoms with Crippen LogP contribution in [0.5, 0.6) is 0 Å². The quantitative estimate of drug-likeness (QED) is 0.936. The van der Waals surface area contributed by atoms with Gasteiger partial charge in [0.1, 0.15) is 5.82 Å². The average molecular weight is 326 g/mol. The molecule has 1 amide bonds. The van der Waals surface area contributed by atoms with E-state index in [2.05, 4.69) is 26.3 Å². The summed E-state index contributed by atoms with van der Waals surface area (Å²) in [5.41, 5.74) is 0.826. The van der Waals surface area contributed by atoms with E-state index in [-0.39, 0.29) is 17.5 Å². The number of aromatic nitrogens is 2. The molecule has 2 rings (SSSR count). The van der Waals surface area contributed by atoms with Crippen LogP contribution in [0.4, 0.5) is 10.1 Å². The van der Waals surface area contributed by atoms with Crippen molar-refractivity contribution in [1.82, 2.24) is 9.78 Å². The fourth-order valence-corrected chi connectivity index (χ4v) is 1.98. The van der Waals surface area contributed by atoms with Gasteiger partial charge in [0.2, 0.25) is 0 Å². The summed E-state index contributed by atoms with van der Waals surface area (Å²) in [6, 6.07) is 4.19. The summed E-state index contributed by atoms with van der Waals surface area (Å²) in [5.74, 6) is -0.832. The van der Waals surface area contributed by atoms with E-state index in [1.165, 1.54) is 18.2 Å². The normalized spacial score (nSPS) is 10.8. The van der Waals surface area contributed by atoms with Gasteiger partial charge in [-0.2, -0.15) is 5.10 Å². The fourth-order valence-electron chi connectivity index (χ4n) is 1.55. The number of amides is 1. The first-order chi connectivity index (χ1) is 8.97. The van der Waals surface area contributed by atoms with Crippen molar-refractivity contribution in [2.24, 2.45) is 0 Å². The number of rotatable bonds is 3. The van der Waals surface area contributed by atoms with E-state index in [1.54, 1.807) is 17.1 Å². The average Bonchev–Trinajstić information content (AvgIpc) is 2.80. The lowest BCUT2D eigenvalue weighted by Gasteiger charge is -2.05. The van der Waals surface area contributed by atoms with Crippen molar-refractivity contribution in [3.63, 3.8) is 0 Å². The SMILES string of the molecule is CC(C)n1cc(NC(=O)c2cc(F)ccc2Br)cn1. The van der Waals surface area contributed by atoms with Crippen molar-refractivity contribution in [3.05, 3.63) is 46.4 Å². The van der Waals surface area contributed by atoms with Crippen LogP contribution >= 0.6 is 15.9 Å². The summed E-state index contributed by atoms with van der Waals surface area (Å²) in [4.78, 5) is 12.0. The first kappa shape index (κ1) is 13.7. The maximum absolute atomic E-state index is 13.1. The Labute approximate surface area is 118 Å². The maximum Gasteiger partial charge on any atom is 0.256 e. The Bertz CT molecular complexity index is 610. The third-order valence-corrected chi connectivity index (χ3v) is 3.25. The van der Waals surface area contributed by atoms with E-state index in [4.69, 9.17) is 0 Å². The number of nitrogens with one attached hydrogen (secondary N) is 1. The van der Waals surface area contributed by atoms with Crippen molar-refractivity contribution >= 4 is 27.5 Å². The minimum absolute atomic E-state index is 0.214. The van der Waals surface area contributed by atoms with Gasteiger partial charge in [-0.1, -0.05) is 0 Å². The lowest BCUT2D eigenvalue weighted by atomic mass is 10.2. The molecule has 1 aromatic heterocycles. The molecule has 4 nitrogen and oxygen atoms in total. The van der Waals surface area contributed by atoms with Gasteiger partial charge < -0.3 is 5.32 Å². The third kappa shape index (κ3) is 3.20. The minimum Gasteiger partial charge on any atom is -0.319 e. The van der Waals surface area contributed by atoms with E-state index in [0.717, 1.165) is 0 Å². The van der Waals surface area contributed by atoms with Gasteiger partial charge in [-0.25, -0.2) is 4.39 Å². The van der Waals surface area contributed by atoms with Crippen LogP contribution in [0, 0.1) is 5.82 Å². The van der Waals surface area contributed by atoms with Gasteiger partial charge in [-0.3, -0.25) is 9.48 Å². The van der Waals surface area contributed by atoms with Crippen molar-refractivity contribution in [2.75, 3.05) is 5.32 Å². The molecule has 0 unspecified atom stereocenters. The number of benzene rings is 1. The van der Waals surface area contributed by atoms with Crippen molar-refractivity contribution in [2.45, 2.75) is 19.9 Å². The number of hydrogen-bond donors (Lipinski definition) is 1. The highest BCUT2D eigenvalue weighted by molar-refractivity contribution is 9.10. The Hall–Kier alpha value is -1.69. The zero-order valence-electron chi connectivity index (χ0n) is 10.5. The first-order valence-corrected chi connectivity index (χ1v) is 6.57. The second-order valence-corrected chi connectivity index (χ2v) is 5.24. The summed E-state index contributed by atoms with van der Waals surface area (Å²) in [7, 11) is 0. The molecule has 0 atom stereocenters. The van der Waals surface area contributed by atoms with Gasteiger partial charge >= 0.3 is 0 Å². The van der Waals surface area contributed by atoms with Crippen LogP contribution in [-0.4, -0.2) is 15.7 Å².